The molecule has 1 aliphatic rings. The summed E-state index contributed by atoms with van der Waals surface area (Å²) in [6, 6.07) is 10.7. The molecule has 2 aromatic heterocycles. The van der Waals surface area contributed by atoms with Gasteiger partial charge in [-0.05, 0) is 29.8 Å². The van der Waals surface area contributed by atoms with Gasteiger partial charge in [-0.25, -0.2) is 9.37 Å². The van der Waals surface area contributed by atoms with Gasteiger partial charge in [0.05, 0.1) is 30.7 Å². The van der Waals surface area contributed by atoms with Crippen molar-refractivity contribution < 1.29 is 26.8 Å². The maximum atomic E-state index is 13.5. The zero-order valence-electron chi connectivity index (χ0n) is 15.8. The number of aromatic nitrogens is 4. The Morgan fingerprint density at radius 3 is 2.61 bits per heavy atom. The molecule has 1 atom stereocenters. The van der Waals surface area contributed by atoms with Gasteiger partial charge in [-0.15, -0.1) is 0 Å². The van der Waals surface area contributed by atoms with Crippen molar-refractivity contribution in [2.24, 2.45) is 0 Å². The van der Waals surface area contributed by atoms with Crippen molar-refractivity contribution in [3.63, 3.8) is 0 Å². The predicted molar refractivity (Wildman–Crippen MR) is 99.9 cm³/mol. The van der Waals surface area contributed by atoms with Gasteiger partial charge < -0.3 is 13.8 Å². The van der Waals surface area contributed by atoms with Crippen molar-refractivity contribution in [2.45, 2.75) is 25.4 Å². The third-order valence-corrected chi connectivity index (χ3v) is 5.05. The van der Waals surface area contributed by atoms with Gasteiger partial charge in [0.1, 0.15) is 11.9 Å². The van der Waals surface area contributed by atoms with Crippen molar-refractivity contribution >= 4 is 0 Å². The Hall–Kier alpha value is -3.53. The molecule has 5 rings (SSSR count). The lowest BCUT2D eigenvalue weighted by Crippen LogP contribution is -2.20. The van der Waals surface area contributed by atoms with Crippen molar-refractivity contribution in [1.82, 2.24) is 19.7 Å². The molecular formula is C21H14F4N4O2. The van der Waals surface area contributed by atoms with E-state index in [1.165, 1.54) is 24.3 Å². The van der Waals surface area contributed by atoms with Crippen LogP contribution in [0.4, 0.5) is 17.6 Å². The van der Waals surface area contributed by atoms with Gasteiger partial charge >= 0.3 is 6.18 Å². The number of ether oxygens (including phenoxy) is 1. The third kappa shape index (κ3) is 3.70. The smallest absolute Gasteiger partial charge is 0.365 e. The summed E-state index contributed by atoms with van der Waals surface area (Å²) in [5, 5.41) is 3.86. The van der Waals surface area contributed by atoms with Gasteiger partial charge in [0, 0.05) is 5.56 Å². The van der Waals surface area contributed by atoms with Crippen LogP contribution in [-0.4, -0.2) is 19.7 Å². The molecule has 0 N–H and O–H groups in total. The molecule has 0 radical (unpaired) electrons. The highest BCUT2D eigenvalue weighted by Crippen LogP contribution is 2.33. The number of alkyl halides is 3. The normalized spacial score (nSPS) is 16.3. The Balaban J connectivity index is 1.38. The average Bonchev–Trinajstić information content (AvgIpc) is 3.40. The molecule has 0 spiro atoms. The van der Waals surface area contributed by atoms with E-state index in [-0.39, 0.29) is 30.2 Å². The number of hydrogen-bond acceptors (Lipinski definition) is 5. The second-order valence-corrected chi connectivity index (χ2v) is 7.05. The number of fused-ring (bicyclic) bond motifs is 1. The fourth-order valence-corrected chi connectivity index (χ4v) is 3.46. The molecule has 6 nitrogen and oxygen atoms in total. The van der Waals surface area contributed by atoms with Crippen LogP contribution in [0.5, 0.6) is 0 Å². The van der Waals surface area contributed by atoms with E-state index in [1.54, 1.807) is 18.5 Å². The number of halogens is 4. The largest absolute Gasteiger partial charge is 0.416 e. The first-order chi connectivity index (χ1) is 14.9. The van der Waals surface area contributed by atoms with Crippen LogP contribution in [0.2, 0.25) is 0 Å². The van der Waals surface area contributed by atoms with Gasteiger partial charge in [0.15, 0.2) is 5.69 Å². The van der Waals surface area contributed by atoms with Crippen molar-refractivity contribution in [2.75, 3.05) is 0 Å². The maximum Gasteiger partial charge on any atom is 0.416 e. The fourth-order valence-electron chi connectivity index (χ4n) is 3.46. The van der Waals surface area contributed by atoms with Crippen LogP contribution in [0, 0.1) is 5.82 Å². The summed E-state index contributed by atoms with van der Waals surface area (Å²) in [7, 11) is 0. The monoisotopic (exact) mass is 430 g/mol. The second kappa shape index (κ2) is 7.31. The molecule has 4 aromatic rings. The average molecular weight is 430 g/mol. The highest BCUT2D eigenvalue weighted by atomic mass is 19.4. The number of rotatable bonds is 3. The zero-order chi connectivity index (χ0) is 21.6. The number of hydrogen-bond donors (Lipinski definition) is 0. The van der Waals surface area contributed by atoms with Gasteiger partial charge in [0.25, 0.3) is 5.89 Å². The Morgan fingerprint density at radius 2 is 1.87 bits per heavy atom. The molecule has 0 unspecified atom stereocenters. The van der Waals surface area contributed by atoms with Crippen molar-refractivity contribution in [1.29, 1.82) is 0 Å². The van der Waals surface area contributed by atoms with Gasteiger partial charge in [-0.3, -0.25) is 0 Å². The molecule has 0 saturated carbocycles. The van der Waals surface area contributed by atoms with Crippen LogP contribution >= 0.6 is 0 Å². The molecule has 158 valence electrons. The molecule has 31 heavy (non-hydrogen) atoms. The van der Waals surface area contributed by atoms with E-state index in [0.29, 0.717) is 17.8 Å². The van der Waals surface area contributed by atoms with Crippen LogP contribution < -0.4 is 0 Å². The predicted octanol–water partition coefficient (Wildman–Crippen LogP) is 5.03. The number of nitrogens with zero attached hydrogens (tertiary/aromatic N) is 4. The van der Waals surface area contributed by atoms with E-state index in [2.05, 4.69) is 15.1 Å². The van der Waals surface area contributed by atoms with Crippen molar-refractivity contribution in [3.8, 4) is 23.0 Å². The highest BCUT2D eigenvalue weighted by molar-refractivity contribution is 5.59. The molecule has 10 heteroatoms. The Labute approximate surface area is 173 Å². The molecule has 0 amide bonds. The summed E-state index contributed by atoms with van der Waals surface area (Å²) < 4.78 is 64.8. The molecule has 1 aliphatic heterocycles. The summed E-state index contributed by atoms with van der Waals surface area (Å²) in [4.78, 5) is 8.60. The third-order valence-electron chi connectivity index (χ3n) is 5.05. The summed E-state index contributed by atoms with van der Waals surface area (Å²) in [5.41, 5.74) is 1.51. The highest BCUT2D eigenvalue weighted by Gasteiger charge is 2.30. The quantitative estimate of drug-likeness (QED) is 0.427. The second-order valence-electron chi connectivity index (χ2n) is 7.05. The van der Waals surface area contributed by atoms with Crippen LogP contribution in [0.15, 0.2) is 59.4 Å². The maximum absolute atomic E-state index is 13.5. The molecule has 0 aliphatic carbocycles. The molecule has 2 aromatic carbocycles. The molecule has 3 heterocycles. The van der Waals surface area contributed by atoms with E-state index in [1.807, 2.05) is 4.57 Å². The fraction of sp³-hybridized carbons (Fsp3) is 0.190. The minimum atomic E-state index is -4.42. The topological polar surface area (TPSA) is 66.0 Å². The van der Waals surface area contributed by atoms with Crippen LogP contribution in [0.25, 0.3) is 23.0 Å². The van der Waals surface area contributed by atoms with E-state index >= 15 is 0 Å². The van der Waals surface area contributed by atoms with Gasteiger partial charge in [-0.1, -0.05) is 29.4 Å². The Morgan fingerprint density at radius 1 is 1.06 bits per heavy atom. The first-order valence-corrected chi connectivity index (χ1v) is 9.31. The minimum absolute atomic E-state index is 0.136. The minimum Gasteiger partial charge on any atom is -0.365 e. The van der Waals surface area contributed by atoms with E-state index in [9.17, 15) is 17.6 Å². The lowest BCUT2D eigenvalue weighted by molar-refractivity contribution is -0.137. The Kier molecular flexibility index (Phi) is 4.58. The summed E-state index contributed by atoms with van der Waals surface area (Å²) in [5.74, 6) is -0.0452. The SMILES string of the molecule is Fc1cccc([C@H]2Cn3cnc(-c4nc(-c5ccc(C(F)(F)F)cc5)no4)c3CO2)c1. The van der Waals surface area contributed by atoms with Crippen LogP contribution in [-0.2, 0) is 24.1 Å². The molecule has 0 bridgehead atoms. The summed E-state index contributed by atoms with van der Waals surface area (Å²) >= 11 is 0. The van der Waals surface area contributed by atoms with Crippen molar-refractivity contribution in [3.05, 3.63) is 77.5 Å². The standard InChI is InChI=1S/C21H14F4N4O2/c22-15-3-1-2-13(8-15)17-9-29-11-26-18(16(29)10-30-17)20-27-19(28-31-20)12-4-6-14(7-5-12)21(23,24)25/h1-8,11,17H,9-10H2/t17-/m1/s1. The Bertz CT molecular complexity index is 1230. The number of benzene rings is 2. The lowest BCUT2D eigenvalue weighted by atomic mass is 10.1. The van der Waals surface area contributed by atoms with Crippen LogP contribution in [0.1, 0.15) is 22.9 Å². The summed E-state index contributed by atoms with van der Waals surface area (Å²) in [6.07, 6.45) is -3.13. The first kappa shape index (κ1) is 19.4. The first-order valence-electron chi connectivity index (χ1n) is 9.31. The van der Waals surface area contributed by atoms with Gasteiger partial charge in [-0.2, -0.15) is 18.2 Å². The van der Waals surface area contributed by atoms with E-state index < -0.39 is 11.7 Å². The zero-order valence-corrected chi connectivity index (χ0v) is 15.8. The van der Waals surface area contributed by atoms with E-state index in [0.717, 1.165) is 23.4 Å². The number of imidazole rings is 1. The molecular weight excluding hydrogens is 416 g/mol. The van der Waals surface area contributed by atoms with E-state index in [4.69, 9.17) is 9.26 Å². The van der Waals surface area contributed by atoms with Crippen LogP contribution in [0.3, 0.4) is 0 Å². The van der Waals surface area contributed by atoms with Gasteiger partial charge in [0.2, 0.25) is 5.82 Å². The lowest BCUT2D eigenvalue weighted by Gasteiger charge is -2.25. The summed E-state index contributed by atoms with van der Waals surface area (Å²) in [6.45, 7) is 0.639. The molecule has 0 saturated heterocycles. The molecule has 0 fully saturated rings.